The maximum Gasteiger partial charge on any atom is 0.268 e. The number of amides is 2. The predicted octanol–water partition coefficient (Wildman–Crippen LogP) is 3.48. The van der Waals surface area contributed by atoms with Crippen LogP contribution in [0.15, 0.2) is 48.7 Å². The number of ketones is 1. The Morgan fingerprint density at radius 3 is 2.42 bits per heavy atom. The van der Waals surface area contributed by atoms with Crippen molar-refractivity contribution in [2.75, 3.05) is 4.90 Å². The van der Waals surface area contributed by atoms with Crippen LogP contribution in [0, 0.1) is 5.82 Å². The summed E-state index contributed by atoms with van der Waals surface area (Å²) in [5.41, 5.74) is 2.25. The monoisotopic (exact) mass is 353 g/mol. The van der Waals surface area contributed by atoms with Crippen molar-refractivity contribution >= 4 is 28.9 Å². The fourth-order valence-corrected chi connectivity index (χ4v) is 2.74. The van der Waals surface area contributed by atoms with Gasteiger partial charge in [0.15, 0.2) is 5.78 Å². The maximum atomic E-state index is 12.9. The number of hydrogen-bond acceptors (Lipinski definition) is 4. The van der Waals surface area contributed by atoms with Gasteiger partial charge in [0, 0.05) is 18.1 Å². The molecule has 0 N–H and O–H groups in total. The molecule has 6 heteroatoms. The molecule has 0 saturated carbocycles. The van der Waals surface area contributed by atoms with Crippen LogP contribution in [0.25, 0.3) is 5.57 Å². The zero-order chi connectivity index (χ0) is 18.8. The Bertz CT molecular complexity index is 931. The second-order valence-corrected chi connectivity index (χ2v) is 5.92. The Balaban J connectivity index is 1.92. The van der Waals surface area contributed by atoms with Crippen LogP contribution in [0.5, 0.6) is 0 Å². The van der Waals surface area contributed by atoms with Crippen LogP contribution < -0.4 is 4.90 Å². The first-order valence-corrected chi connectivity index (χ1v) is 7.95. The molecule has 2 aromatic rings. The first-order chi connectivity index (χ1) is 12.4. The van der Waals surface area contributed by atoms with Gasteiger partial charge in [0.05, 0.1) is 17.5 Å². The Hall–Kier alpha value is -3.28. The number of fused-ring (bicyclic) bond motifs is 1. The number of imide groups is 1. The highest BCUT2D eigenvalue weighted by Gasteiger charge is 2.35. The zero-order valence-corrected chi connectivity index (χ0v) is 14.3. The van der Waals surface area contributed by atoms with E-state index in [1.54, 1.807) is 30.3 Å². The van der Waals surface area contributed by atoms with Crippen molar-refractivity contribution in [3.05, 3.63) is 71.2 Å². The molecule has 0 saturated heterocycles. The van der Waals surface area contributed by atoms with Gasteiger partial charge in [0.2, 0.25) is 5.91 Å². The van der Waals surface area contributed by atoms with E-state index in [1.165, 1.54) is 32.2 Å². The molecule has 5 nitrogen and oxygen atoms in total. The second kappa shape index (κ2) is 6.92. The summed E-state index contributed by atoms with van der Waals surface area (Å²) in [4.78, 5) is 37.1. The normalized spacial score (nSPS) is 14.5. The number of rotatable bonds is 4. The van der Waals surface area contributed by atoms with Gasteiger partial charge < -0.3 is 4.74 Å². The Morgan fingerprint density at radius 2 is 1.81 bits per heavy atom. The summed E-state index contributed by atoms with van der Waals surface area (Å²) in [7, 11) is 0. The lowest BCUT2D eigenvalue weighted by Crippen LogP contribution is -2.31. The van der Waals surface area contributed by atoms with Crippen LogP contribution in [-0.2, 0) is 20.9 Å². The van der Waals surface area contributed by atoms with Crippen molar-refractivity contribution in [3.8, 4) is 0 Å². The van der Waals surface area contributed by atoms with Crippen molar-refractivity contribution in [1.29, 1.82) is 0 Å². The molecule has 0 spiro atoms. The third-order valence-electron chi connectivity index (χ3n) is 4.05. The van der Waals surface area contributed by atoms with E-state index in [0.717, 1.165) is 10.5 Å². The number of halogens is 1. The van der Waals surface area contributed by atoms with Gasteiger partial charge in [-0.3, -0.25) is 14.4 Å². The fourth-order valence-electron chi connectivity index (χ4n) is 2.74. The molecule has 3 rings (SSSR count). The van der Waals surface area contributed by atoms with Gasteiger partial charge in [0.25, 0.3) is 5.91 Å². The minimum absolute atomic E-state index is 0.138. The average Bonchev–Trinajstić information content (AvgIpc) is 2.88. The third-order valence-corrected chi connectivity index (χ3v) is 4.05. The largest absolute Gasteiger partial charge is 0.496 e. The number of Topliss-reactive ketones (excluding diaryl/α,β-unsaturated/α-hetero) is 1. The molecule has 0 radical (unpaired) electrons. The highest BCUT2D eigenvalue weighted by molar-refractivity contribution is 6.39. The highest BCUT2D eigenvalue weighted by atomic mass is 19.1. The number of anilines is 1. The SMILES string of the molecule is CC(=O)c1ccc2c(c1)C(=COCc1ccc(F)cc1)C(=O)N2C(C)=O. The molecule has 26 heavy (non-hydrogen) atoms. The van der Waals surface area contributed by atoms with E-state index in [4.69, 9.17) is 4.74 Å². The molecule has 0 unspecified atom stereocenters. The molecule has 2 aromatic carbocycles. The highest BCUT2D eigenvalue weighted by Crippen LogP contribution is 2.37. The van der Waals surface area contributed by atoms with Crippen molar-refractivity contribution < 1.29 is 23.5 Å². The smallest absolute Gasteiger partial charge is 0.268 e. The van der Waals surface area contributed by atoms with E-state index < -0.39 is 11.8 Å². The molecule has 1 heterocycles. The lowest BCUT2D eigenvalue weighted by Gasteiger charge is -2.12. The van der Waals surface area contributed by atoms with E-state index in [2.05, 4.69) is 0 Å². The third kappa shape index (κ3) is 3.26. The van der Waals surface area contributed by atoms with Crippen LogP contribution in [0.3, 0.4) is 0 Å². The van der Waals surface area contributed by atoms with Crippen molar-refractivity contribution in [2.24, 2.45) is 0 Å². The number of benzene rings is 2. The van der Waals surface area contributed by atoms with E-state index in [9.17, 15) is 18.8 Å². The summed E-state index contributed by atoms with van der Waals surface area (Å²) in [5.74, 6) is -1.42. The molecule has 132 valence electrons. The number of carbonyl (C=O) groups excluding carboxylic acids is 3. The van der Waals surface area contributed by atoms with Gasteiger partial charge in [-0.05, 0) is 42.8 Å². The summed E-state index contributed by atoms with van der Waals surface area (Å²) in [6.45, 7) is 2.86. The van der Waals surface area contributed by atoms with Crippen molar-refractivity contribution in [3.63, 3.8) is 0 Å². The van der Waals surface area contributed by atoms with Crippen LogP contribution in [0.2, 0.25) is 0 Å². The Labute approximate surface area is 149 Å². The summed E-state index contributed by atoms with van der Waals surface area (Å²) < 4.78 is 18.4. The predicted molar refractivity (Wildman–Crippen MR) is 93.8 cm³/mol. The first-order valence-electron chi connectivity index (χ1n) is 7.95. The molecule has 2 amide bonds. The van der Waals surface area contributed by atoms with Crippen LogP contribution >= 0.6 is 0 Å². The molecular weight excluding hydrogens is 337 g/mol. The fraction of sp³-hybridized carbons (Fsp3) is 0.150. The second-order valence-electron chi connectivity index (χ2n) is 5.92. The molecule has 0 atom stereocenters. The summed E-state index contributed by atoms with van der Waals surface area (Å²) in [5, 5.41) is 0. The lowest BCUT2D eigenvalue weighted by molar-refractivity contribution is -0.122. The summed E-state index contributed by atoms with van der Waals surface area (Å²) >= 11 is 0. The van der Waals surface area contributed by atoms with E-state index >= 15 is 0 Å². The zero-order valence-electron chi connectivity index (χ0n) is 14.3. The lowest BCUT2D eigenvalue weighted by atomic mass is 10.0. The van der Waals surface area contributed by atoms with Crippen molar-refractivity contribution in [2.45, 2.75) is 20.5 Å². The summed E-state index contributed by atoms with van der Waals surface area (Å²) in [6.07, 6.45) is 1.28. The van der Waals surface area contributed by atoms with Gasteiger partial charge in [-0.2, -0.15) is 0 Å². The molecular formula is C20H16FNO4. The molecule has 1 aliphatic rings. The summed E-state index contributed by atoms with van der Waals surface area (Å²) in [6, 6.07) is 10.5. The van der Waals surface area contributed by atoms with E-state index in [1.807, 2.05) is 0 Å². The number of ether oxygens (including phenoxy) is 1. The minimum Gasteiger partial charge on any atom is -0.496 e. The van der Waals surface area contributed by atoms with Gasteiger partial charge in [-0.1, -0.05) is 12.1 Å². The van der Waals surface area contributed by atoms with E-state index in [0.29, 0.717) is 16.8 Å². The Kier molecular flexibility index (Phi) is 4.67. The van der Waals surface area contributed by atoms with Crippen LogP contribution in [0.4, 0.5) is 10.1 Å². The molecule has 0 aromatic heterocycles. The molecule has 0 bridgehead atoms. The minimum atomic E-state index is -0.507. The van der Waals surface area contributed by atoms with Crippen LogP contribution in [-0.4, -0.2) is 17.6 Å². The number of carbonyl (C=O) groups is 3. The van der Waals surface area contributed by atoms with Gasteiger partial charge in [-0.25, -0.2) is 9.29 Å². The topological polar surface area (TPSA) is 63.7 Å². The molecule has 0 fully saturated rings. The first kappa shape index (κ1) is 17.5. The van der Waals surface area contributed by atoms with E-state index in [-0.39, 0.29) is 23.8 Å². The average molecular weight is 353 g/mol. The maximum absolute atomic E-state index is 12.9. The van der Waals surface area contributed by atoms with Gasteiger partial charge >= 0.3 is 0 Å². The van der Waals surface area contributed by atoms with Crippen molar-refractivity contribution in [1.82, 2.24) is 0 Å². The van der Waals surface area contributed by atoms with Crippen LogP contribution in [0.1, 0.15) is 35.3 Å². The number of nitrogens with zero attached hydrogens (tertiary/aromatic N) is 1. The Morgan fingerprint density at radius 1 is 1.12 bits per heavy atom. The molecule has 1 aliphatic heterocycles. The van der Waals surface area contributed by atoms with Gasteiger partial charge in [-0.15, -0.1) is 0 Å². The molecule has 0 aliphatic carbocycles. The van der Waals surface area contributed by atoms with Gasteiger partial charge in [0.1, 0.15) is 12.4 Å². The quantitative estimate of drug-likeness (QED) is 0.480. The standard InChI is InChI=1S/C20H16FNO4/c1-12(23)15-5-8-19-17(9-15)18(20(25)22(19)13(2)24)11-26-10-14-3-6-16(21)7-4-14/h3-9,11H,10H2,1-2H3. The number of hydrogen-bond donors (Lipinski definition) is 0.